The van der Waals surface area contributed by atoms with Gasteiger partial charge in [-0.1, -0.05) is 24.3 Å². The highest BCUT2D eigenvalue weighted by molar-refractivity contribution is 6.04. The normalized spacial score (nSPS) is 14.5. The number of ether oxygens (including phenoxy) is 1. The molecule has 1 aliphatic heterocycles. The highest BCUT2D eigenvalue weighted by atomic mass is 19.2. The smallest absolute Gasteiger partial charge is 0.328 e. The summed E-state index contributed by atoms with van der Waals surface area (Å²) in [5.74, 6) is -3.29. The van der Waals surface area contributed by atoms with Gasteiger partial charge >= 0.3 is 5.97 Å². The average Bonchev–Trinajstić information content (AvgIpc) is 2.51. The Morgan fingerprint density at radius 2 is 1.82 bits per heavy atom. The number of hydrogen-bond donors (Lipinski definition) is 0. The number of carbonyl (C=O) groups excluding carboxylic acids is 1. The zero-order valence-electron chi connectivity index (χ0n) is 11.3. The Bertz CT molecular complexity index is 787. The molecular weight excluding hydrogens is 295 g/mol. The summed E-state index contributed by atoms with van der Waals surface area (Å²) >= 11 is 0. The predicted molar refractivity (Wildman–Crippen MR) is 74.1 cm³/mol. The number of benzene rings is 2. The van der Waals surface area contributed by atoms with Gasteiger partial charge in [-0.2, -0.15) is 0 Å². The van der Waals surface area contributed by atoms with Crippen molar-refractivity contribution in [2.75, 3.05) is 13.2 Å². The number of halogens is 3. The van der Waals surface area contributed by atoms with E-state index in [0.717, 1.165) is 12.1 Å². The summed E-state index contributed by atoms with van der Waals surface area (Å²) in [6.07, 6.45) is 0. The SMILES string of the molecule is O=C1CN=C(c2ccc(-c3cccc(F)c3F)c(F)c2)CO1. The number of cyclic esters (lactones) is 1. The Morgan fingerprint density at radius 1 is 1.00 bits per heavy atom. The molecule has 6 heteroatoms. The number of carbonyl (C=O) groups is 1. The third-order valence-corrected chi connectivity index (χ3v) is 3.31. The summed E-state index contributed by atoms with van der Waals surface area (Å²) in [5.41, 5.74) is 0.672. The molecule has 0 spiro atoms. The van der Waals surface area contributed by atoms with Crippen molar-refractivity contribution in [1.82, 2.24) is 0 Å². The van der Waals surface area contributed by atoms with Crippen LogP contribution < -0.4 is 0 Å². The number of nitrogens with zero attached hydrogens (tertiary/aromatic N) is 1. The topological polar surface area (TPSA) is 38.7 Å². The molecular formula is C16H10F3NO2. The van der Waals surface area contributed by atoms with Crippen LogP contribution in [0.5, 0.6) is 0 Å². The highest BCUT2D eigenvalue weighted by Gasteiger charge is 2.18. The molecule has 1 aliphatic rings. The molecule has 0 saturated carbocycles. The summed E-state index contributed by atoms with van der Waals surface area (Å²) in [7, 11) is 0. The highest BCUT2D eigenvalue weighted by Crippen LogP contribution is 2.27. The van der Waals surface area contributed by atoms with E-state index in [0.29, 0.717) is 11.3 Å². The first-order valence-electron chi connectivity index (χ1n) is 6.49. The lowest BCUT2D eigenvalue weighted by Crippen LogP contribution is -2.23. The van der Waals surface area contributed by atoms with Crippen LogP contribution in [-0.2, 0) is 9.53 Å². The van der Waals surface area contributed by atoms with E-state index in [2.05, 4.69) is 4.99 Å². The molecule has 2 aromatic carbocycles. The average molecular weight is 305 g/mol. The van der Waals surface area contributed by atoms with Gasteiger partial charge in [0.15, 0.2) is 11.6 Å². The van der Waals surface area contributed by atoms with Gasteiger partial charge < -0.3 is 4.74 Å². The predicted octanol–water partition coefficient (Wildman–Crippen LogP) is 3.12. The van der Waals surface area contributed by atoms with Crippen LogP contribution in [-0.4, -0.2) is 24.8 Å². The first-order chi connectivity index (χ1) is 10.6. The van der Waals surface area contributed by atoms with E-state index in [-0.39, 0.29) is 24.3 Å². The number of esters is 1. The number of aliphatic imine (C=N–C) groups is 1. The lowest BCUT2D eigenvalue weighted by Gasteiger charge is -2.14. The van der Waals surface area contributed by atoms with Crippen LogP contribution in [0.1, 0.15) is 5.56 Å². The van der Waals surface area contributed by atoms with Gasteiger partial charge in [-0.15, -0.1) is 0 Å². The molecule has 0 radical (unpaired) electrons. The fraction of sp³-hybridized carbons (Fsp3) is 0.125. The molecule has 22 heavy (non-hydrogen) atoms. The van der Waals surface area contributed by atoms with Gasteiger partial charge in [0.25, 0.3) is 0 Å². The molecule has 0 aromatic heterocycles. The second-order valence-corrected chi connectivity index (χ2v) is 4.72. The van der Waals surface area contributed by atoms with E-state index in [1.54, 1.807) is 0 Å². The third-order valence-electron chi connectivity index (χ3n) is 3.31. The van der Waals surface area contributed by atoms with Gasteiger partial charge in [-0.3, -0.25) is 9.79 Å². The van der Waals surface area contributed by atoms with E-state index in [4.69, 9.17) is 4.74 Å². The maximum absolute atomic E-state index is 14.2. The summed E-state index contributed by atoms with van der Waals surface area (Å²) in [4.78, 5) is 14.9. The fourth-order valence-corrected chi connectivity index (χ4v) is 2.20. The molecule has 3 nitrogen and oxygen atoms in total. The van der Waals surface area contributed by atoms with Crippen molar-refractivity contribution in [3.8, 4) is 11.1 Å². The molecule has 0 unspecified atom stereocenters. The second-order valence-electron chi connectivity index (χ2n) is 4.72. The Hall–Kier alpha value is -2.63. The van der Waals surface area contributed by atoms with E-state index < -0.39 is 23.4 Å². The van der Waals surface area contributed by atoms with Crippen LogP contribution in [0.2, 0.25) is 0 Å². The number of rotatable bonds is 2. The minimum Gasteiger partial charge on any atom is -0.458 e. The van der Waals surface area contributed by atoms with Crippen LogP contribution in [0, 0.1) is 17.5 Å². The second kappa shape index (κ2) is 5.63. The van der Waals surface area contributed by atoms with Gasteiger partial charge in [0, 0.05) is 16.7 Å². The molecule has 0 atom stereocenters. The first kappa shape index (κ1) is 14.3. The van der Waals surface area contributed by atoms with Gasteiger partial charge in [-0.05, 0) is 12.1 Å². The van der Waals surface area contributed by atoms with Crippen LogP contribution in [0.15, 0.2) is 41.4 Å². The molecule has 0 N–H and O–H groups in total. The zero-order valence-corrected chi connectivity index (χ0v) is 11.3. The first-order valence-corrected chi connectivity index (χ1v) is 6.49. The molecule has 112 valence electrons. The van der Waals surface area contributed by atoms with Crippen LogP contribution in [0.25, 0.3) is 11.1 Å². The Morgan fingerprint density at radius 3 is 2.50 bits per heavy atom. The zero-order chi connectivity index (χ0) is 15.7. The lowest BCUT2D eigenvalue weighted by atomic mass is 10.0. The minimum absolute atomic E-state index is 0.0358. The van der Waals surface area contributed by atoms with Gasteiger partial charge in [-0.25, -0.2) is 13.2 Å². The van der Waals surface area contributed by atoms with Crippen molar-refractivity contribution in [3.63, 3.8) is 0 Å². The molecule has 0 aliphatic carbocycles. The molecule has 0 fully saturated rings. The van der Waals surface area contributed by atoms with Crippen LogP contribution >= 0.6 is 0 Å². The van der Waals surface area contributed by atoms with Crippen LogP contribution in [0.3, 0.4) is 0 Å². The molecule has 1 heterocycles. The van der Waals surface area contributed by atoms with E-state index in [1.165, 1.54) is 24.3 Å². The van der Waals surface area contributed by atoms with Crippen LogP contribution in [0.4, 0.5) is 13.2 Å². The van der Waals surface area contributed by atoms with Crippen molar-refractivity contribution in [3.05, 3.63) is 59.4 Å². The van der Waals surface area contributed by atoms with Gasteiger partial charge in [0.05, 0.1) is 5.71 Å². The largest absolute Gasteiger partial charge is 0.458 e. The maximum atomic E-state index is 14.2. The summed E-state index contributed by atoms with van der Waals surface area (Å²) < 4.78 is 46.0. The molecule has 0 bridgehead atoms. The molecule has 3 rings (SSSR count). The van der Waals surface area contributed by atoms with Crippen molar-refractivity contribution in [2.45, 2.75) is 0 Å². The van der Waals surface area contributed by atoms with Gasteiger partial charge in [0.2, 0.25) is 0 Å². The Kier molecular flexibility index (Phi) is 3.66. The molecule has 2 aromatic rings. The summed E-state index contributed by atoms with van der Waals surface area (Å²) in [6.45, 7) is -0.150. The van der Waals surface area contributed by atoms with Crippen molar-refractivity contribution in [2.24, 2.45) is 4.99 Å². The third kappa shape index (κ3) is 2.59. The lowest BCUT2D eigenvalue weighted by molar-refractivity contribution is -0.140. The van der Waals surface area contributed by atoms with Gasteiger partial charge in [0.1, 0.15) is 19.0 Å². The molecule has 0 saturated heterocycles. The Balaban J connectivity index is 1.99. The Labute approximate surface area is 124 Å². The quantitative estimate of drug-likeness (QED) is 0.800. The molecule has 0 amide bonds. The number of hydrogen-bond acceptors (Lipinski definition) is 3. The van der Waals surface area contributed by atoms with Crippen molar-refractivity contribution >= 4 is 11.7 Å². The maximum Gasteiger partial charge on any atom is 0.328 e. The standard InChI is InChI=1S/C16H10F3NO2/c17-12-3-1-2-11(16(12)19)10-5-4-9(6-13(10)18)14-8-22-15(21)7-20-14/h1-6H,7-8H2. The monoisotopic (exact) mass is 305 g/mol. The summed E-state index contributed by atoms with van der Waals surface area (Å²) in [6, 6.07) is 7.62. The fourth-order valence-electron chi connectivity index (χ4n) is 2.20. The van der Waals surface area contributed by atoms with E-state index >= 15 is 0 Å². The van der Waals surface area contributed by atoms with E-state index in [9.17, 15) is 18.0 Å². The minimum atomic E-state index is -1.10. The van der Waals surface area contributed by atoms with Crippen molar-refractivity contribution in [1.29, 1.82) is 0 Å². The van der Waals surface area contributed by atoms with E-state index in [1.807, 2.05) is 0 Å². The van der Waals surface area contributed by atoms with Crippen molar-refractivity contribution < 1.29 is 22.7 Å². The summed E-state index contributed by atoms with van der Waals surface area (Å²) in [5, 5.41) is 0.